The number of fused-ring (bicyclic) bond motifs is 1. The highest BCUT2D eigenvalue weighted by molar-refractivity contribution is 6.30. The maximum atomic E-state index is 13.6. The van der Waals surface area contributed by atoms with E-state index in [1.165, 1.54) is 6.07 Å². The van der Waals surface area contributed by atoms with Crippen molar-refractivity contribution >= 4 is 22.6 Å². The minimum absolute atomic E-state index is 0.0321. The van der Waals surface area contributed by atoms with E-state index >= 15 is 0 Å². The molecule has 0 bridgehead atoms. The number of hydrogen-bond donors (Lipinski definition) is 0. The smallest absolute Gasteiger partial charge is 0.244 e. The van der Waals surface area contributed by atoms with Gasteiger partial charge in [-0.15, -0.1) is 0 Å². The molecular weight excluding hydrogens is 320 g/mol. The standard InChI is InChI=1S/C17H16ClF2N3/c1-9(2)23-17-15(10(3)22-23)13(16(19)20)8-14(21-17)11-4-6-12(18)7-5-11/h4-9,16H,1-3H3. The van der Waals surface area contributed by atoms with Gasteiger partial charge in [0.05, 0.1) is 16.8 Å². The third-order valence-corrected chi connectivity index (χ3v) is 3.98. The highest BCUT2D eigenvalue weighted by atomic mass is 35.5. The lowest BCUT2D eigenvalue weighted by molar-refractivity contribution is 0.153. The number of aromatic nitrogens is 3. The summed E-state index contributed by atoms with van der Waals surface area (Å²) in [6.07, 6.45) is -2.59. The van der Waals surface area contributed by atoms with Crippen molar-refractivity contribution < 1.29 is 8.78 Å². The quantitative estimate of drug-likeness (QED) is 0.625. The van der Waals surface area contributed by atoms with Gasteiger partial charge in [0.1, 0.15) is 0 Å². The van der Waals surface area contributed by atoms with Crippen LogP contribution >= 0.6 is 11.6 Å². The lowest BCUT2D eigenvalue weighted by Gasteiger charge is -2.10. The molecule has 0 saturated heterocycles. The molecule has 23 heavy (non-hydrogen) atoms. The average Bonchev–Trinajstić information content (AvgIpc) is 2.84. The topological polar surface area (TPSA) is 30.7 Å². The van der Waals surface area contributed by atoms with Crippen molar-refractivity contribution in [2.45, 2.75) is 33.2 Å². The average molecular weight is 336 g/mol. The summed E-state index contributed by atoms with van der Waals surface area (Å²) in [6, 6.07) is 8.45. The van der Waals surface area contributed by atoms with Crippen LogP contribution in [0.4, 0.5) is 8.78 Å². The van der Waals surface area contributed by atoms with Gasteiger partial charge in [0.15, 0.2) is 5.65 Å². The fourth-order valence-corrected chi connectivity index (χ4v) is 2.77. The van der Waals surface area contributed by atoms with E-state index in [2.05, 4.69) is 10.1 Å². The van der Waals surface area contributed by atoms with Gasteiger partial charge in [0.25, 0.3) is 6.43 Å². The third kappa shape index (κ3) is 2.81. The molecule has 0 amide bonds. The molecule has 2 aromatic heterocycles. The summed E-state index contributed by atoms with van der Waals surface area (Å²) in [7, 11) is 0. The van der Waals surface area contributed by atoms with Gasteiger partial charge in [-0.3, -0.25) is 0 Å². The summed E-state index contributed by atoms with van der Waals surface area (Å²) in [4.78, 5) is 4.58. The van der Waals surface area contributed by atoms with E-state index in [4.69, 9.17) is 11.6 Å². The number of benzene rings is 1. The van der Waals surface area contributed by atoms with Crippen LogP contribution in [0, 0.1) is 6.92 Å². The Labute approximate surface area is 137 Å². The first-order valence-corrected chi connectivity index (χ1v) is 7.70. The number of nitrogens with zero attached hydrogens (tertiary/aromatic N) is 3. The van der Waals surface area contributed by atoms with E-state index in [-0.39, 0.29) is 11.6 Å². The second kappa shape index (κ2) is 5.89. The summed E-state index contributed by atoms with van der Waals surface area (Å²) in [5.41, 5.74) is 2.25. The van der Waals surface area contributed by atoms with Crippen molar-refractivity contribution in [3.8, 4) is 11.3 Å². The van der Waals surface area contributed by atoms with Crippen molar-refractivity contribution in [1.29, 1.82) is 0 Å². The van der Waals surface area contributed by atoms with Gasteiger partial charge in [-0.05, 0) is 39.0 Å². The van der Waals surface area contributed by atoms with E-state index in [9.17, 15) is 8.78 Å². The Hall–Kier alpha value is -2.01. The van der Waals surface area contributed by atoms with Crippen molar-refractivity contribution in [3.63, 3.8) is 0 Å². The maximum absolute atomic E-state index is 13.6. The minimum Gasteiger partial charge on any atom is -0.244 e. The Balaban J connectivity index is 2.32. The van der Waals surface area contributed by atoms with Crippen LogP contribution in [0.3, 0.4) is 0 Å². The van der Waals surface area contributed by atoms with E-state index in [0.29, 0.717) is 27.4 Å². The van der Waals surface area contributed by atoms with Crippen LogP contribution in [0.25, 0.3) is 22.3 Å². The Morgan fingerprint density at radius 1 is 1.13 bits per heavy atom. The molecular formula is C17H16ClF2N3. The third-order valence-electron chi connectivity index (χ3n) is 3.73. The molecule has 0 saturated carbocycles. The van der Waals surface area contributed by atoms with E-state index in [1.807, 2.05) is 13.8 Å². The van der Waals surface area contributed by atoms with Gasteiger partial charge >= 0.3 is 0 Å². The lowest BCUT2D eigenvalue weighted by atomic mass is 10.1. The summed E-state index contributed by atoms with van der Waals surface area (Å²) in [5.74, 6) is 0. The van der Waals surface area contributed by atoms with Crippen molar-refractivity contribution in [2.24, 2.45) is 0 Å². The molecule has 0 spiro atoms. The monoisotopic (exact) mass is 335 g/mol. The number of hydrogen-bond acceptors (Lipinski definition) is 2. The Morgan fingerprint density at radius 2 is 1.78 bits per heavy atom. The van der Waals surface area contributed by atoms with Crippen LogP contribution in [0.5, 0.6) is 0 Å². The molecule has 0 N–H and O–H groups in total. The van der Waals surface area contributed by atoms with Crippen LogP contribution < -0.4 is 0 Å². The first kappa shape index (κ1) is 15.9. The number of halogens is 3. The molecule has 0 aliphatic rings. The summed E-state index contributed by atoms with van der Waals surface area (Å²) in [5, 5.41) is 5.41. The summed E-state index contributed by atoms with van der Waals surface area (Å²) >= 11 is 5.89. The first-order valence-electron chi connectivity index (χ1n) is 7.32. The lowest BCUT2D eigenvalue weighted by Crippen LogP contribution is -2.04. The second-order valence-electron chi connectivity index (χ2n) is 5.73. The molecule has 0 radical (unpaired) electrons. The fourth-order valence-electron chi connectivity index (χ4n) is 2.65. The number of alkyl halides is 2. The fraction of sp³-hybridized carbons (Fsp3) is 0.294. The molecule has 3 nitrogen and oxygen atoms in total. The molecule has 0 fully saturated rings. The van der Waals surface area contributed by atoms with Crippen LogP contribution in [0.1, 0.15) is 37.6 Å². The number of pyridine rings is 1. The molecule has 3 rings (SSSR count). The molecule has 0 unspecified atom stereocenters. The maximum Gasteiger partial charge on any atom is 0.264 e. The zero-order chi connectivity index (χ0) is 16.7. The number of aryl methyl sites for hydroxylation is 1. The molecule has 120 valence electrons. The molecule has 1 aromatic carbocycles. The molecule has 2 heterocycles. The van der Waals surface area contributed by atoms with Gasteiger partial charge in [-0.25, -0.2) is 18.4 Å². The van der Waals surface area contributed by atoms with Gasteiger partial charge in [0.2, 0.25) is 0 Å². The van der Waals surface area contributed by atoms with Crippen LogP contribution in [0.2, 0.25) is 5.02 Å². The zero-order valence-electron chi connectivity index (χ0n) is 13.0. The van der Waals surface area contributed by atoms with Gasteiger partial charge in [-0.2, -0.15) is 5.10 Å². The van der Waals surface area contributed by atoms with Gasteiger partial charge in [-0.1, -0.05) is 23.7 Å². The van der Waals surface area contributed by atoms with Crippen molar-refractivity contribution in [3.05, 3.63) is 46.6 Å². The Morgan fingerprint density at radius 3 is 2.35 bits per heavy atom. The molecule has 0 aliphatic carbocycles. The van der Waals surface area contributed by atoms with Gasteiger partial charge < -0.3 is 0 Å². The zero-order valence-corrected chi connectivity index (χ0v) is 13.8. The SMILES string of the molecule is Cc1nn(C(C)C)c2nc(-c3ccc(Cl)cc3)cc(C(F)F)c12. The Kier molecular flexibility index (Phi) is 4.06. The summed E-state index contributed by atoms with van der Waals surface area (Å²) < 4.78 is 28.8. The van der Waals surface area contributed by atoms with Crippen molar-refractivity contribution in [1.82, 2.24) is 14.8 Å². The normalized spacial score (nSPS) is 11.8. The largest absolute Gasteiger partial charge is 0.264 e. The molecule has 6 heteroatoms. The second-order valence-corrected chi connectivity index (χ2v) is 6.16. The van der Waals surface area contributed by atoms with Gasteiger partial charge in [0, 0.05) is 22.2 Å². The van der Waals surface area contributed by atoms with Crippen LogP contribution in [-0.2, 0) is 0 Å². The van der Waals surface area contributed by atoms with E-state index in [1.54, 1.807) is 35.9 Å². The highest BCUT2D eigenvalue weighted by Gasteiger charge is 2.21. The van der Waals surface area contributed by atoms with E-state index in [0.717, 1.165) is 5.56 Å². The predicted molar refractivity (Wildman–Crippen MR) is 88.1 cm³/mol. The van der Waals surface area contributed by atoms with Crippen LogP contribution in [-0.4, -0.2) is 14.8 Å². The summed E-state index contributed by atoms with van der Waals surface area (Å²) in [6.45, 7) is 5.63. The van der Waals surface area contributed by atoms with Crippen LogP contribution in [0.15, 0.2) is 30.3 Å². The highest BCUT2D eigenvalue weighted by Crippen LogP contribution is 2.34. The molecule has 0 atom stereocenters. The number of rotatable bonds is 3. The first-order chi connectivity index (χ1) is 10.9. The van der Waals surface area contributed by atoms with E-state index < -0.39 is 6.43 Å². The van der Waals surface area contributed by atoms with Crippen molar-refractivity contribution in [2.75, 3.05) is 0 Å². The Bertz CT molecular complexity index is 854. The molecule has 3 aromatic rings. The molecule has 0 aliphatic heterocycles. The predicted octanol–water partition coefficient (Wildman–Crippen LogP) is 5.58. The minimum atomic E-state index is -2.59.